The highest BCUT2D eigenvalue weighted by Gasteiger charge is 2.34. The molecule has 0 heterocycles. The number of rotatable bonds is 3. The van der Waals surface area contributed by atoms with Crippen LogP contribution in [0.15, 0.2) is 0 Å². The number of nitrogens with one attached hydrogen (secondary N) is 1. The maximum Gasteiger partial charge on any atom is 0.366 e. The Balaban J connectivity index is 2.70. The predicted molar refractivity (Wildman–Crippen MR) is 74.6 cm³/mol. The lowest BCUT2D eigenvalue weighted by molar-refractivity contribution is 0.00429. The second kappa shape index (κ2) is 8.01. The lowest BCUT2D eigenvalue weighted by atomic mass is 9.95. The van der Waals surface area contributed by atoms with Crippen LogP contribution < -0.4 is 5.32 Å². The fourth-order valence-electron chi connectivity index (χ4n) is 1.91. The maximum absolute atomic E-state index is 14.0. The van der Waals surface area contributed by atoms with Crippen LogP contribution in [-0.4, -0.2) is 38.7 Å². The minimum atomic E-state index is -1.05. The van der Waals surface area contributed by atoms with E-state index in [1.165, 1.54) is 7.05 Å². The molecule has 4 amide bonds. The monoisotopic (exact) mass is 331 g/mol. The summed E-state index contributed by atoms with van der Waals surface area (Å²) in [6.07, 6.45) is 3.98. The predicted octanol–water partition coefficient (Wildman–Crippen LogP) is 3.68. The Morgan fingerprint density at radius 2 is 1.89 bits per heavy atom. The molecular formula is C10H16Cl2FN3O2S. The number of alkyl halides is 2. The number of hydrogen-bond donors (Lipinski definition) is 1. The van der Waals surface area contributed by atoms with Crippen molar-refractivity contribution < 1.29 is 14.1 Å². The molecule has 0 aromatic carbocycles. The summed E-state index contributed by atoms with van der Waals surface area (Å²) < 4.78 is 13.6. The highest BCUT2D eigenvalue weighted by atomic mass is 35.5. The highest BCUT2D eigenvalue weighted by Crippen LogP contribution is 2.28. The highest BCUT2D eigenvalue weighted by molar-refractivity contribution is 8.01. The van der Waals surface area contributed by atoms with E-state index in [0.717, 1.165) is 19.3 Å². The SMILES string of the molecule is CNC(=O)N(SC(Cl)Cl)C(=O)N(F)C1CCCCC1. The van der Waals surface area contributed by atoms with Gasteiger partial charge in [-0.1, -0.05) is 46.9 Å². The van der Waals surface area contributed by atoms with Crippen LogP contribution in [0.2, 0.25) is 0 Å². The number of hydrogen-bond acceptors (Lipinski definition) is 3. The molecule has 0 bridgehead atoms. The number of imide groups is 1. The Morgan fingerprint density at radius 1 is 1.32 bits per heavy atom. The van der Waals surface area contributed by atoms with Crippen molar-refractivity contribution in [1.82, 2.24) is 14.7 Å². The van der Waals surface area contributed by atoms with E-state index in [1.807, 2.05) is 0 Å². The van der Waals surface area contributed by atoms with Gasteiger partial charge in [-0.2, -0.15) is 9.43 Å². The number of carbonyl (C=O) groups excluding carboxylic acids is 2. The molecule has 0 radical (unpaired) electrons. The van der Waals surface area contributed by atoms with Crippen molar-refractivity contribution in [2.75, 3.05) is 7.05 Å². The molecule has 1 rings (SSSR count). The second-order valence-electron chi connectivity index (χ2n) is 4.10. The molecule has 110 valence electrons. The van der Waals surface area contributed by atoms with Crippen molar-refractivity contribution >= 4 is 47.2 Å². The summed E-state index contributed by atoms with van der Waals surface area (Å²) in [6, 6.07) is -2.31. The first-order chi connectivity index (χ1) is 8.97. The molecule has 1 aliphatic carbocycles. The van der Waals surface area contributed by atoms with Gasteiger partial charge >= 0.3 is 12.1 Å². The summed E-state index contributed by atoms with van der Waals surface area (Å²) in [5.74, 6) is 0. The molecule has 0 aromatic rings. The minimum Gasteiger partial charge on any atom is -0.340 e. The normalized spacial score (nSPS) is 16.3. The molecule has 0 spiro atoms. The zero-order valence-corrected chi connectivity index (χ0v) is 12.8. The lowest BCUT2D eigenvalue weighted by Crippen LogP contribution is -2.47. The van der Waals surface area contributed by atoms with Crippen molar-refractivity contribution in [1.29, 1.82) is 0 Å². The number of amides is 4. The average Bonchev–Trinajstić information content (AvgIpc) is 2.43. The fraction of sp³-hybridized carbons (Fsp3) is 0.800. The first-order valence-electron chi connectivity index (χ1n) is 5.93. The van der Waals surface area contributed by atoms with E-state index in [4.69, 9.17) is 23.2 Å². The Bertz CT molecular complexity index is 330. The third kappa shape index (κ3) is 4.89. The van der Waals surface area contributed by atoms with Gasteiger partial charge in [0.2, 0.25) is 0 Å². The van der Waals surface area contributed by atoms with Crippen molar-refractivity contribution in [3.63, 3.8) is 0 Å². The topological polar surface area (TPSA) is 52.7 Å². The number of nitrogens with zero attached hydrogens (tertiary/aromatic N) is 2. The molecular weight excluding hydrogens is 316 g/mol. The van der Waals surface area contributed by atoms with Gasteiger partial charge in [0.1, 0.15) is 0 Å². The van der Waals surface area contributed by atoms with Gasteiger partial charge in [-0.15, -0.1) is 0 Å². The largest absolute Gasteiger partial charge is 0.366 e. The summed E-state index contributed by atoms with van der Waals surface area (Å²) in [7, 11) is 1.34. The fourth-order valence-corrected chi connectivity index (χ4v) is 2.90. The molecule has 5 nitrogen and oxygen atoms in total. The first kappa shape index (κ1) is 16.7. The van der Waals surface area contributed by atoms with Crippen LogP contribution in [-0.2, 0) is 0 Å². The van der Waals surface area contributed by atoms with Crippen LogP contribution in [0.25, 0.3) is 0 Å². The van der Waals surface area contributed by atoms with Gasteiger partial charge in [-0.05, 0) is 12.8 Å². The van der Waals surface area contributed by atoms with E-state index in [2.05, 4.69) is 5.32 Å². The van der Waals surface area contributed by atoms with Crippen molar-refractivity contribution in [2.24, 2.45) is 0 Å². The lowest BCUT2D eigenvalue weighted by Gasteiger charge is -2.30. The summed E-state index contributed by atoms with van der Waals surface area (Å²) in [4.78, 5) is 23.5. The van der Waals surface area contributed by atoms with E-state index < -0.39 is 22.3 Å². The van der Waals surface area contributed by atoms with E-state index in [-0.39, 0.29) is 5.12 Å². The van der Waals surface area contributed by atoms with Gasteiger partial charge in [-0.25, -0.2) is 9.59 Å². The molecule has 0 atom stereocenters. The number of urea groups is 2. The second-order valence-corrected chi connectivity index (χ2v) is 6.76. The molecule has 1 aliphatic rings. The molecule has 1 N–H and O–H groups in total. The summed E-state index contributed by atoms with van der Waals surface area (Å²) in [5, 5.41) is 2.35. The molecule has 9 heteroatoms. The summed E-state index contributed by atoms with van der Waals surface area (Å²) in [6.45, 7) is 0. The van der Waals surface area contributed by atoms with Gasteiger partial charge in [0, 0.05) is 19.0 Å². The van der Waals surface area contributed by atoms with E-state index >= 15 is 0 Å². The number of carbonyl (C=O) groups is 2. The molecule has 0 aliphatic heterocycles. The Hall–Kier alpha value is -0.400. The van der Waals surface area contributed by atoms with Crippen molar-refractivity contribution in [3.8, 4) is 0 Å². The Labute approximate surface area is 125 Å². The standard InChI is InChI=1S/C10H16Cl2FN3O2S/c1-14-9(17)16(19-8(11)12)10(18)15(13)7-5-3-2-4-6-7/h7-8H,2-6H2,1H3,(H,14,17). The smallest absolute Gasteiger partial charge is 0.340 e. The molecule has 1 fully saturated rings. The summed E-state index contributed by atoms with van der Waals surface area (Å²) >= 11 is 11.6. The zero-order chi connectivity index (χ0) is 14.4. The average molecular weight is 332 g/mol. The van der Waals surface area contributed by atoms with Crippen LogP contribution in [0, 0.1) is 0 Å². The quantitative estimate of drug-likeness (QED) is 0.487. The van der Waals surface area contributed by atoms with Gasteiger partial charge in [0.25, 0.3) is 0 Å². The van der Waals surface area contributed by atoms with Gasteiger partial charge in [0.05, 0.1) is 6.04 Å². The van der Waals surface area contributed by atoms with E-state index in [0.29, 0.717) is 29.1 Å². The van der Waals surface area contributed by atoms with Crippen LogP contribution >= 0.6 is 35.1 Å². The minimum absolute atomic E-state index is 0.109. The molecule has 19 heavy (non-hydrogen) atoms. The van der Waals surface area contributed by atoms with E-state index in [1.54, 1.807) is 0 Å². The van der Waals surface area contributed by atoms with Crippen LogP contribution in [0.5, 0.6) is 0 Å². The van der Waals surface area contributed by atoms with Crippen LogP contribution in [0.4, 0.5) is 14.1 Å². The molecule has 0 unspecified atom stereocenters. The molecule has 1 saturated carbocycles. The number of halogens is 3. The van der Waals surface area contributed by atoms with Gasteiger partial charge in [0.15, 0.2) is 4.17 Å². The Kier molecular flexibility index (Phi) is 7.02. The summed E-state index contributed by atoms with van der Waals surface area (Å²) in [5.41, 5.74) is 0. The maximum atomic E-state index is 14.0. The van der Waals surface area contributed by atoms with Crippen molar-refractivity contribution in [3.05, 3.63) is 0 Å². The third-order valence-corrected chi connectivity index (χ3v) is 4.01. The molecule has 0 aromatic heterocycles. The first-order valence-corrected chi connectivity index (χ1v) is 7.64. The van der Waals surface area contributed by atoms with Gasteiger partial charge < -0.3 is 5.32 Å². The molecule has 0 saturated heterocycles. The van der Waals surface area contributed by atoms with Gasteiger partial charge in [-0.3, -0.25) is 0 Å². The van der Waals surface area contributed by atoms with Crippen molar-refractivity contribution in [2.45, 2.75) is 42.3 Å². The third-order valence-electron chi connectivity index (χ3n) is 2.84. The zero-order valence-electron chi connectivity index (χ0n) is 10.4. The van der Waals surface area contributed by atoms with Crippen LogP contribution in [0.3, 0.4) is 0 Å². The van der Waals surface area contributed by atoms with E-state index in [9.17, 15) is 14.1 Å². The van der Waals surface area contributed by atoms with Crippen LogP contribution in [0.1, 0.15) is 32.1 Å². The Morgan fingerprint density at radius 3 is 2.37 bits per heavy atom.